The molecule has 2 aromatic rings. The van der Waals surface area contributed by atoms with Gasteiger partial charge in [-0.25, -0.2) is 4.79 Å². The molecule has 1 saturated heterocycles. The van der Waals surface area contributed by atoms with Crippen molar-refractivity contribution in [1.82, 2.24) is 10.2 Å². The maximum absolute atomic E-state index is 12.7. The predicted molar refractivity (Wildman–Crippen MR) is 79.6 cm³/mol. The molecular weight excluding hydrogens is 264 g/mol. The average molecular weight is 280 g/mol. The molecule has 3 amide bonds. The topological polar surface area (TPSA) is 49.4 Å². The van der Waals surface area contributed by atoms with Crippen LogP contribution in [0, 0.1) is 0 Å². The Kier molecular flexibility index (Phi) is 3.22. The lowest BCUT2D eigenvalue weighted by molar-refractivity contribution is -0.125. The van der Waals surface area contributed by atoms with Crippen LogP contribution < -0.4 is 5.32 Å². The van der Waals surface area contributed by atoms with Crippen molar-refractivity contribution >= 4 is 11.9 Å². The van der Waals surface area contributed by atoms with E-state index >= 15 is 0 Å². The van der Waals surface area contributed by atoms with Crippen LogP contribution >= 0.6 is 0 Å². The third-order valence-corrected chi connectivity index (χ3v) is 3.90. The summed E-state index contributed by atoms with van der Waals surface area (Å²) in [4.78, 5) is 26.5. The highest BCUT2D eigenvalue weighted by molar-refractivity contribution is 6.09. The number of carbonyl (C=O) groups excluding carboxylic acids is 2. The molecule has 2 aromatic carbocycles. The smallest absolute Gasteiger partial charge is 0.302 e. The fourth-order valence-electron chi connectivity index (χ4n) is 3.01. The summed E-state index contributed by atoms with van der Waals surface area (Å²) in [5.41, 5.74) is 0.497. The Balaban J connectivity index is 2.30. The van der Waals surface area contributed by atoms with Crippen LogP contribution in [0.2, 0.25) is 0 Å². The molecule has 4 heteroatoms. The zero-order valence-electron chi connectivity index (χ0n) is 11.7. The SMILES string of the molecule is CCN1C(=O)NC(=O)C1(c1ccccc1)c1ccccc1. The molecule has 0 spiro atoms. The Hall–Kier alpha value is -2.62. The lowest BCUT2D eigenvalue weighted by atomic mass is 9.81. The Morgan fingerprint density at radius 1 is 0.905 bits per heavy atom. The highest BCUT2D eigenvalue weighted by Gasteiger charge is 2.54. The van der Waals surface area contributed by atoms with Gasteiger partial charge in [0, 0.05) is 6.54 Å². The van der Waals surface area contributed by atoms with Gasteiger partial charge in [-0.05, 0) is 18.1 Å². The molecular formula is C17H16N2O2. The number of imide groups is 1. The first kappa shape index (κ1) is 13.4. The quantitative estimate of drug-likeness (QED) is 0.878. The number of amides is 3. The van der Waals surface area contributed by atoms with Crippen LogP contribution in [-0.4, -0.2) is 23.4 Å². The average Bonchev–Trinajstić information content (AvgIpc) is 2.79. The number of urea groups is 1. The molecule has 1 heterocycles. The minimum atomic E-state index is -1.09. The number of hydrogen-bond acceptors (Lipinski definition) is 2. The number of rotatable bonds is 3. The first-order valence-corrected chi connectivity index (χ1v) is 6.95. The number of nitrogens with zero attached hydrogens (tertiary/aromatic N) is 1. The van der Waals surface area contributed by atoms with E-state index in [1.165, 1.54) is 0 Å². The standard InChI is InChI=1S/C17H16N2O2/c1-2-19-16(21)18-15(20)17(19,13-9-5-3-6-10-13)14-11-7-4-8-12-14/h3-12H,2H2,1H3,(H,18,20,21). The van der Waals surface area contributed by atoms with Crippen molar-refractivity contribution in [2.75, 3.05) is 6.54 Å². The molecule has 0 aromatic heterocycles. The van der Waals surface area contributed by atoms with E-state index in [-0.39, 0.29) is 11.9 Å². The van der Waals surface area contributed by atoms with Crippen molar-refractivity contribution in [2.24, 2.45) is 0 Å². The summed E-state index contributed by atoms with van der Waals surface area (Å²) in [5.74, 6) is -0.299. The van der Waals surface area contributed by atoms with Crippen molar-refractivity contribution in [3.8, 4) is 0 Å². The van der Waals surface area contributed by atoms with Gasteiger partial charge in [0.05, 0.1) is 0 Å². The Morgan fingerprint density at radius 2 is 1.38 bits per heavy atom. The van der Waals surface area contributed by atoms with Gasteiger partial charge in [0.1, 0.15) is 0 Å². The van der Waals surface area contributed by atoms with Crippen molar-refractivity contribution < 1.29 is 9.59 Å². The summed E-state index contributed by atoms with van der Waals surface area (Å²) in [6, 6.07) is 18.5. The van der Waals surface area contributed by atoms with Gasteiger partial charge >= 0.3 is 6.03 Å². The van der Waals surface area contributed by atoms with Crippen molar-refractivity contribution in [3.63, 3.8) is 0 Å². The second-order valence-electron chi connectivity index (χ2n) is 4.95. The maximum atomic E-state index is 12.7. The molecule has 0 atom stereocenters. The molecule has 4 nitrogen and oxygen atoms in total. The van der Waals surface area contributed by atoms with Crippen LogP contribution in [0.15, 0.2) is 60.7 Å². The predicted octanol–water partition coefficient (Wildman–Crippen LogP) is 2.50. The number of nitrogens with one attached hydrogen (secondary N) is 1. The van der Waals surface area contributed by atoms with E-state index in [1.54, 1.807) is 4.90 Å². The normalized spacial score (nSPS) is 16.9. The summed E-state index contributed by atoms with van der Waals surface area (Å²) in [6.07, 6.45) is 0. The number of benzene rings is 2. The van der Waals surface area contributed by atoms with Crippen LogP contribution in [-0.2, 0) is 10.3 Å². The van der Waals surface area contributed by atoms with E-state index in [0.29, 0.717) is 6.54 Å². The van der Waals surface area contributed by atoms with E-state index in [2.05, 4.69) is 5.32 Å². The monoisotopic (exact) mass is 280 g/mol. The van der Waals surface area contributed by atoms with E-state index in [1.807, 2.05) is 67.6 Å². The third kappa shape index (κ3) is 1.83. The van der Waals surface area contributed by atoms with Gasteiger partial charge in [-0.1, -0.05) is 60.7 Å². The number of carbonyl (C=O) groups is 2. The summed E-state index contributed by atoms with van der Waals surface area (Å²) in [6.45, 7) is 2.32. The van der Waals surface area contributed by atoms with Crippen LogP contribution in [0.1, 0.15) is 18.1 Å². The fraction of sp³-hybridized carbons (Fsp3) is 0.176. The highest BCUT2D eigenvalue weighted by atomic mass is 16.2. The Morgan fingerprint density at radius 3 is 1.81 bits per heavy atom. The summed E-state index contributed by atoms with van der Waals surface area (Å²) < 4.78 is 0. The number of hydrogen-bond donors (Lipinski definition) is 1. The van der Waals surface area contributed by atoms with Crippen LogP contribution in [0.25, 0.3) is 0 Å². The Labute approximate surface area is 123 Å². The van der Waals surface area contributed by atoms with Gasteiger partial charge in [0.2, 0.25) is 0 Å². The second-order valence-corrected chi connectivity index (χ2v) is 4.95. The largest absolute Gasteiger partial charge is 0.325 e. The zero-order chi connectivity index (χ0) is 14.9. The minimum absolute atomic E-state index is 0.299. The van der Waals surface area contributed by atoms with Crippen molar-refractivity contribution in [1.29, 1.82) is 0 Å². The lowest BCUT2D eigenvalue weighted by Crippen LogP contribution is -2.47. The van der Waals surface area contributed by atoms with Crippen molar-refractivity contribution in [3.05, 3.63) is 71.8 Å². The summed E-state index contributed by atoms with van der Waals surface area (Å²) >= 11 is 0. The van der Waals surface area contributed by atoms with E-state index in [0.717, 1.165) is 11.1 Å². The molecule has 0 bridgehead atoms. The maximum Gasteiger partial charge on any atom is 0.325 e. The minimum Gasteiger partial charge on any atom is -0.302 e. The van der Waals surface area contributed by atoms with E-state index in [9.17, 15) is 9.59 Å². The van der Waals surface area contributed by atoms with Gasteiger partial charge in [0.25, 0.3) is 5.91 Å². The summed E-state index contributed by atoms with van der Waals surface area (Å²) in [5, 5.41) is 2.45. The molecule has 3 rings (SSSR count). The molecule has 0 radical (unpaired) electrons. The van der Waals surface area contributed by atoms with Crippen LogP contribution in [0.4, 0.5) is 4.79 Å². The van der Waals surface area contributed by atoms with Gasteiger partial charge in [-0.3, -0.25) is 10.1 Å². The van der Waals surface area contributed by atoms with Crippen LogP contribution in [0.3, 0.4) is 0 Å². The summed E-state index contributed by atoms with van der Waals surface area (Å²) in [7, 11) is 0. The highest BCUT2D eigenvalue weighted by Crippen LogP contribution is 2.39. The first-order chi connectivity index (χ1) is 10.2. The molecule has 0 unspecified atom stereocenters. The van der Waals surface area contributed by atoms with Gasteiger partial charge < -0.3 is 4.90 Å². The Bertz CT molecular complexity index is 628. The van der Waals surface area contributed by atoms with Crippen molar-refractivity contribution in [2.45, 2.75) is 12.5 Å². The molecule has 106 valence electrons. The van der Waals surface area contributed by atoms with Gasteiger partial charge in [0.15, 0.2) is 5.54 Å². The third-order valence-electron chi connectivity index (χ3n) is 3.90. The second kappa shape index (κ2) is 5.05. The fourth-order valence-corrected chi connectivity index (χ4v) is 3.01. The zero-order valence-corrected chi connectivity index (χ0v) is 11.7. The number of likely N-dealkylation sites (N-methyl/N-ethyl adjacent to an activating group) is 1. The molecule has 1 N–H and O–H groups in total. The van der Waals surface area contributed by atoms with Gasteiger partial charge in [-0.15, -0.1) is 0 Å². The molecule has 1 fully saturated rings. The molecule has 0 saturated carbocycles. The van der Waals surface area contributed by atoms with Gasteiger partial charge in [-0.2, -0.15) is 0 Å². The van der Waals surface area contributed by atoms with E-state index in [4.69, 9.17) is 0 Å². The molecule has 21 heavy (non-hydrogen) atoms. The molecule has 1 aliphatic rings. The van der Waals surface area contributed by atoms with E-state index < -0.39 is 5.54 Å². The molecule has 0 aliphatic carbocycles. The molecule has 1 aliphatic heterocycles. The first-order valence-electron chi connectivity index (χ1n) is 6.95. The van der Waals surface area contributed by atoms with Crippen LogP contribution in [0.5, 0.6) is 0 Å². The lowest BCUT2D eigenvalue weighted by Gasteiger charge is -2.35.